The SMILES string of the molecule is CCCCCCCCCC(CCCC)C(CC)(CC)C([O])=O. The second kappa shape index (κ2) is 13.0. The highest BCUT2D eigenvalue weighted by atomic mass is 16.4. The Bertz CT molecular complexity index is 269. The van der Waals surface area contributed by atoms with Crippen molar-refractivity contribution >= 4 is 5.97 Å². The van der Waals surface area contributed by atoms with Gasteiger partial charge in [-0.3, -0.25) is 0 Å². The molecule has 0 saturated heterocycles. The molecule has 0 heterocycles. The van der Waals surface area contributed by atoms with E-state index < -0.39 is 11.4 Å². The van der Waals surface area contributed by atoms with Gasteiger partial charge in [-0.1, -0.05) is 85.5 Å². The van der Waals surface area contributed by atoms with Gasteiger partial charge in [-0.05, 0) is 31.6 Å². The fourth-order valence-electron chi connectivity index (χ4n) is 3.78. The van der Waals surface area contributed by atoms with Crippen LogP contribution in [0.5, 0.6) is 0 Å². The number of rotatable bonds is 15. The quantitative estimate of drug-likeness (QED) is 0.310. The number of unbranched alkanes of at least 4 members (excludes halogenated alkanes) is 7. The van der Waals surface area contributed by atoms with Crippen molar-refractivity contribution in [3.05, 3.63) is 0 Å². The smallest absolute Gasteiger partial charge is 0.247 e. The maximum atomic E-state index is 11.8. The van der Waals surface area contributed by atoms with Gasteiger partial charge in [0.1, 0.15) is 0 Å². The molecular weight excluding hydrogens is 272 g/mol. The van der Waals surface area contributed by atoms with Gasteiger partial charge in [-0.2, -0.15) is 0 Å². The van der Waals surface area contributed by atoms with Crippen LogP contribution in [-0.4, -0.2) is 5.97 Å². The van der Waals surface area contributed by atoms with E-state index in [9.17, 15) is 9.90 Å². The van der Waals surface area contributed by atoms with Crippen LogP contribution in [0.1, 0.15) is 111 Å². The minimum atomic E-state index is -0.818. The summed E-state index contributed by atoms with van der Waals surface area (Å²) in [5.74, 6) is -0.523. The van der Waals surface area contributed by atoms with E-state index in [2.05, 4.69) is 13.8 Å². The van der Waals surface area contributed by atoms with Gasteiger partial charge in [0, 0.05) is 0 Å². The van der Waals surface area contributed by atoms with E-state index in [4.69, 9.17) is 0 Å². The van der Waals surface area contributed by atoms with Crippen molar-refractivity contribution in [1.82, 2.24) is 0 Å². The lowest BCUT2D eigenvalue weighted by Crippen LogP contribution is -2.37. The number of carbonyl (C=O) groups is 1. The van der Waals surface area contributed by atoms with Gasteiger partial charge in [0.25, 0.3) is 0 Å². The lowest BCUT2D eigenvalue weighted by Gasteiger charge is -2.35. The molecule has 0 aromatic heterocycles. The molecule has 131 valence electrons. The molecule has 0 aromatic carbocycles. The van der Waals surface area contributed by atoms with Crippen LogP contribution in [0.15, 0.2) is 0 Å². The van der Waals surface area contributed by atoms with E-state index in [0.717, 1.165) is 25.7 Å². The van der Waals surface area contributed by atoms with Crippen molar-refractivity contribution in [2.24, 2.45) is 11.3 Å². The predicted molar refractivity (Wildman–Crippen MR) is 94.3 cm³/mol. The third-order valence-electron chi connectivity index (χ3n) is 5.51. The molecule has 1 unspecified atom stereocenters. The van der Waals surface area contributed by atoms with Gasteiger partial charge < -0.3 is 0 Å². The zero-order valence-electron chi connectivity index (χ0n) is 15.6. The molecule has 1 radical (unpaired) electrons. The third-order valence-corrected chi connectivity index (χ3v) is 5.51. The van der Waals surface area contributed by atoms with Crippen molar-refractivity contribution in [2.75, 3.05) is 0 Å². The highest BCUT2D eigenvalue weighted by molar-refractivity contribution is 5.74. The standard InChI is InChI=1S/C20H39O2/c1-5-9-11-12-13-14-15-17-18(16-10-6-2)20(7-3,8-4)19(21)22/h18H,5-17H2,1-4H3. The minimum absolute atomic E-state index is 0.295. The van der Waals surface area contributed by atoms with Crippen molar-refractivity contribution in [3.8, 4) is 0 Å². The van der Waals surface area contributed by atoms with Crippen molar-refractivity contribution in [1.29, 1.82) is 0 Å². The first-order valence-corrected chi connectivity index (χ1v) is 9.80. The molecule has 0 aliphatic rings. The van der Waals surface area contributed by atoms with E-state index in [1.54, 1.807) is 0 Å². The Morgan fingerprint density at radius 3 is 1.64 bits per heavy atom. The highest BCUT2D eigenvalue weighted by Crippen LogP contribution is 2.41. The van der Waals surface area contributed by atoms with Gasteiger partial charge in [0.15, 0.2) is 0 Å². The Morgan fingerprint density at radius 1 is 0.727 bits per heavy atom. The van der Waals surface area contributed by atoms with E-state index in [-0.39, 0.29) is 0 Å². The zero-order valence-corrected chi connectivity index (χ0v) is 15.6. The summed E-state index contributed by atoms with van der Waals surface area (Å²) < 4.78 is 0. The van der Waals surface area contributed by atoms with Gasteiger partial charge >= 0.3 is 5.97 Å². The van der Waals surface area contributed by atoms with E-state index in [1.165, 1.54) is 44.9 Å². The highest BCUT2D eigenvalue weighted by Gasteiger charge is 2.43. The van der Waals surface area contributed by atoms with Gasteiger partial charge in [0.2, 0.25) is 0 Å². The molecule has 2 heteroatoms. The number of hydrogen-bond acceptors (Lipinski definition) is 1. The molecule has 0 aliphatic heterocycles. The minimum Gasteiger partial charge on any atom is -0.247 e. The lowest BCUT2D eigenvalue weighted by atomic mass is 9.67. The predicted octanol–water partition coefficient (Wildman–Crippen LogP) is 6.70. The summed E-state index contributed by atoms with van der Waals surface area (Å²) in [5, 5.41) is 11.8. The molecule has 2 nitrogen and oxygen atoms in total. The average molecular weight is 312 g/mol. The van der Waals surface area contributed by atoms with Crippen LogP contribution in [-0.2, 0) is 9.90 Å². The van der Waals surface area contributed by atoms with Crippen molar-refractivity contribution in [3.63, 3.8) is 0 Å². The van der Waals surface area contributed by atoms with Crippen molar-refractivity contribution < 1.29 is 9.90 Å². The Balaban J connectivity index is 4.41. The largest absolute Gasteiger partial charge is 0.361 e. The summed E-state index contributed by atoms with van der Waals surface area (Å²) in [5.41, 5.74) is -0.600. The molecule has 0 spiro atoms. The fraction of sp³-hybridized carbons (Fsp3) is 0.950. The summed E-state index contributed by atoms with van der Waals surface area (Å²) in [6.45, 7) is 8.46. The summed E-state index contributed by atoms with van der Waals surface area (Å²) in [7, 11) is 0. The van der Waals surface area contributed by atoms with Crippen molar-refractivity contribution in [2.45, 2.75) is 111 Å². The molecular formula is C20H39O2. The Kier molecular flexibility index (Phi) is 12.6. The second-order valence-electron chi connectivity index (χ2n) is 6.90. The number of carbonyl (C=O) groups excluding carboxylic acids is 1. The molecule has 0 aromatic rings. The molecule has 0 fully saturated rings. The Labute approximate surface area is 139 Å². The maximum Gasteiger partial charge on any atom is 0.361 e. The summed E-state index contributed by atoms with van der Waals surface area (Å²) in [6.07, 6.45) is 14.8. The normalized spacial score (nSPS) is 13.3. The van der Waals surface area contributed by atoms with E-state index in [1.807, 2.05) is 13.8 Å². The lowest BCUT2D eigenvalue weighted by molar-refractivity contribution is -0.160. The molecule has 0 aliphatic carbocycles. The van der Waals surface area contributed by atoms with Gasteiger partial charge in [0.05, 0.1) is 5.41 Å². The van der Waals surface area contributed by atoms with E-state index in [0.29, 0.717) is 18.8 Å². The first-order chi connectivity index (χ1) is 10.6. The molecule has 0 N–H and O–H groups in total. The zero-order chi connectivity index (χ0) is 16.8. The van der Waals surface area contributed by atoms with Crippen LogP contribution in [0.2, 0.25) is 0 Å². The van der Waals surface area contributed by atoms with Crippen LogP contribution in [0.4, 0.5) is 0 Å². The summed E-state index contributed by atoms with van der Waals surface area (Å²) in [4.78, 5) is 11.8. The van der Waals surface area contributed by atoms with Crippen LogP contribution < -0.4 is 0 Å². The van der Waals surface area contributed by atoms with Crippen LogP contribution in [0, 0.1) is 11.3 Å². The molecule has 22 heavy (non-hydrogen) atoms. The first-order valence-electron chi connectivity index (χ1n) is 9.80. The molecule has 0 saturated carbocycles. The second-order valence-corrected chi connectivity index (χ2v) is 6.90. The first kappa shape index (κ1) is 21.5. The molecule has 0 amide bonds. The topological polar surface area (TPSA) is 37.0 Å². The van der Waals surface area contributed by atoms with Crippen LogP contribution in [0.3, 0.4) is 0 Å². The van der Waals surface area contributed by atoms with Crippen LogP contribution in [0.25, 0.3) is 0 Å². The maximum absolute atomic E-state index is 11.8. The monoisotopic (exact) mass is 311 g/mol. The number of hydrogen-bond donors (Lipinski definition) is 0. The molecule has 1 atom stereocenters. The van der Waals surface area contributed by atoms with Gasteiger partial charge in [-0.25, -0.2) is 9.90 Å². The Hall–Kier alpha value is -0.530. The molecule has 0 rings (SSSR count). The Morgan fingerprint density at radius 2 is 1.18 bits per heavy atom. The van der Waals surface area contributed by atoms with Crippen LogP contribution >= 0.6 is 0 Å². The molecule has 0 bridgehead atoms. The third kappa shape index (κ3) is 7.15. The fourth-order valence-corrected chi connectivity index (χ4v) is 3.78. The van der Waals surface area contributed by atoms with E-state index >= 15 is 0 Å². The van der Waals surface area contributed by atoms with Gasteiger partial charge in [-0.15, -0.1) is 0 Å². The summed E-state index contributed by atoms with van der Waals surface area (Å²) >= 11 is 0. The average Bonchev–Trinajstić information content (AvgIpc) is 2.52. The summed E-state index contributed by atoms with van der Waals surface area (Å²) in [6, 6.07) is 0.